The number of benzene rings is 2. The van der Waals surface area contributed by atoms with Gasteiger partial charge in [0, 0.05) is 5.56 Å². The second-order valence-electron chi connectivity index (χ2n) is 6.43. The summed E-state index contributed by atoms with van der Waals surface area (Å²) in [5, 5.41) is 3.54. The summed E-state index contributed by atoms with van der Waals surface area (Å²) in [6.45, 7) is 6.93. The molecule has 2 aromatic carbocycles. The molecule has 3 rings (SSSR count). The number of aromatic nitrogens is 1. The molecule has 0 aliphatic rings. The van der Waals surface area contributed by atoms with Gasteiger partial charge >= 0.3 is 0 Å². The quantitative estimate of drug-likeness (QED) is 0.541. The van der Waals surface area contributed by atoms with Gasteiger partial charge in [-0.1, -0.05) is 49.3 Å². The second-order valence-corrected chi connectivity index (χ2v) is 7.43. The van der Waals surface area contributed by atoms with Crippen LogP contribution in [-0.4, -0.2) is 17.5 Å². The average Bonchev–Trinajstić information content (AvgIpc) is 3.07. The molecule has 0 saturated heterocycles. The Bertz CT molecular complexity index is 879. The van der Waals surface area contributed by atoms with Gasteiger partial charge in [-0.15, -0.1) is 0 Å². The van der Waals surface area contributed by atoms with Crippen molar-refractivity contribution in [3.63, 3.8) is 0 Å². The SMILES string of the molecule is CCCCCOc1cccc(C(=O)Nc2nc3c(C)ccc(C)c3s2)c1. The molecule has 1 heterocycles. The summed E-state index contributed by atoms with van der Waals surface area (Å²) in [5.74, 6) is 0.558. The predicted molar refractivity (Wildman–Crippen MR) is 109 cm³/mol. The Hall–Kier alpha value is -2.40. The molecule has 0 unspecified atom stereocenters. The van der Waals surface area contributed by atoms with Gasteiger partial charge in [0.2, 0.25) is 0 Å². The summed E-state index contributed by atoms with van der Waals surface area (Å²) in [4.78, 5) is 17.2. The smallest absolute Gasteiger partial charge is 0.257 e. The predicted octanol–water partition coefficient (Wildman–Crippen LogP) is 5.73. The molecule has 0 aliphatic heterocycles. The zero-order valence-electron chi connectivity index (χ0n) is 15.5. The first kappa shape index (κ1) is 18.4. The molecule has 0 bridgehead atoms. The summed E-state index contributed by atoms with van der Waals surface area (Å²) >= 11 is 1.51. The lowest BCUT2D eigenvalue weighted by molar-refractivity contribution is 0.102. The van der Waals surface area contributed by atoms with Crippen LogP contribution in [0.5, 0.6) is 5.75 Å². The van der Waals surface area contributed by atoms with Gasteiger partial charge < -0.3 is 4.74 Å². The molecule has 0 radical (unpaired) electrons. The lowest BCUT2D eigenvalue weighted by Gasteiger charge is -2.07. The van der Waals surface area contributed by atoms with E-state index in [2.05, 4.69) is 36.3 Å². The Balaban J connectivity index is 1.72. The van der Waals surface area contributed by atoms with Gasteiger partial charge in [0.05, 0.1) is 16.8 Å². The standard InChI is InChI=1S/C21H24N2O2S/c1-4-5-6-12-25-17-9-7-8-16(13-17)20(24)23-21-22-18-14(2)10-11-15(3)19(18)26-21/h7-11,13H,4-6,12H2,1-3H3,(H,22,23,24). The summed E-state index contributed by atoms with van der Waals surface area (Å²) in [5.41, 5.74) is 3.82. The largest absolute Gasteiger partial charge is 0.494 e. The molecule has 26 heavy (non-hydrogen) atoms. The molecule has 1 aromatic heterocycles. The van der Waals surface area contributed by atoms with Crippen molar-refractivity contribution < 1.29 is 9.53 Å². The first-order chi connectivity index (χ1) is 12.6. The van der Waals surface area contributed by atoms with Gasteiger partial charge in [-0.05, 0) is 49.6 Å². The first-order valence-corrected chi connectivity index (χ1v) is 9.81. The van der Waals surface area contributed by atoms with Crippen molar-refractivity contribution in [2.24, 2.45) is 0 Å². The number of rotatable bonds is 7. The number of nitrogens with zero attached hydrogens (tertiary/aromatic N) is 1. The molecule has 0 saturated carbocycles. The summed E-state index contributed by atoms with van der Waals surface area (Å²) in [6.07, 6.45) is 3.33. The molecule has 5 heteroatoms. The van der Waals surface area contributed by atoms with Crippen LogP contribution in [0.1, 0.15) is 47.7 Å². The van der Waals surface area contributed by atoms with Crippen LogP contribution in [0.2, 0.25) is 0 Å². The van der Waals surface area contributed by atoms with Crippen molar-refractivity contribution in [2.75, 3.05) is 11.9 Å². The molecular formula is C21H24N2O2S. The van der Waals surface area contributed by atoms with E-state index < -0.39 is 0 Å². The number of hydrogen-bond donors (Lipinski definition) is 1. The van der Waals surface area contributed by atoms with Crippen molar-refractivity contribution in [1.29, 1.82) is 0 Å². The normalized spacial score (nSPS) is 10.9. The summed E-state index contributed by atoms with van der Waals surface area (Å²) in [6, 6.07) is 11.4. The summed E-state index contributed by atoms with van der Waals surface area (Å²) < 4.78 is 6.85. The zero-order valence-corrected chi connectivity index (χ0v) is 16.3. The Labute approximate surface area is 158 Å². The fourth-order valence-corrected chi connectivity index (χ4v) is 3.76. The number of thiazole rings is 1. The highest BCUT2D eigenvalue weighted by atomic mass is 32.1. The fraction of sp³-hybridized carbons (Fsp3) is 0.333. The molecule has 0 spiro atoms. The minimum absolute atomic E-state index is 0.168. The van der Waals surface area contributed by atoms with E-state index in [-0.39, 0.29) is 5.91 Å². The van der Waals surface area contributed by atoms with Crippen molar-refractivity contribution in [1.82, 2.24) is 4.98 Å². The minimum atomic E-state index is -0.168. The molecule has 0 fully saturated rings. The van der Waals surface area contributed by atoms with E-state index in [1.165, 1.54) is 16.9 Å². The van der Waals surface area contributed by atoms with Gasteiger partial charge in [0.25, 0.3) is 5.91 Å². The first-order valence-electron chi connectivity index (χ1n) is 8.99. The molecule has 4 nitrogen and oxygen atoms in total. The van der Waals surface area contributed by atoms with Crippen LogP contribution < -0.4 is 10.1 Å². The number of nitrogens with one attached hydrogen (secondary N) is 1. The molecule has 136 valence electrons. The number of carbonyl (C=O) groups is 1. The number of amides is 1. The maximum atomic E-state index is 12.6. The van der Waals surface area contributed by atoms with Gasteiger partial charge in [-0.2, -0.15) is 0 Å². The van der Waals surface area contributed by atoms with E-state index >= 15 is 0 Å². The highest BCUT2D eigenvalue weighted by Gasteiger charge is 2.13. The third kappa shape index (κ3) is 4.22. The van der Waals surface area contributed by atoms with E-state index in [9.17, 15) is 4.79 Å². The van der Waals surface area contributed by atoms with E-state index in [1.807, 2.05) is 19.1 Å². The number of aryl methyl sites for hydroxylation is 2. The molecule has 0 aliphatic carbocycles. The molecule has 1 amide bonds. The van der Waals surface area contributed by atoms with Crippen LogP contribution in [0.25, 0.3) is 10.2 Å². The van der Waals surface area contributed by atoms with Gasteiger partial charge in [0.15, 0.2) is 5.13 Å². The highest BCUT2D eigenvalue weighted by Crippen LogP contribution is 2.31. The maximum absolute atomic E-state index is 12.6. The number of ether oxygens (including phenoxy) is 1. The fourth-order valence-electron chi connectivity index (χ4n) is 2.75. The van der Waals surface area contributed by atoms with E-state index in [0.717, 1.165) is 40.8 Å². The van der Waals surface area contributed by atoms with Crippen LogP contribution in [0.3, 0.4) is 0 Å². The van der Waals surface area contributed by atoms with Crippen LogP contribution in [0.15, 0.2) is 36.4 Å². The molecule has 0 atom stereocenters. The number of unbranched alkanes of at least 4 members (excludes halogenated alkanes) is 2. The zero-order chi connectivity index (χ0) is 18.5. The van der Waals surface area contributed by atoms with Crippen molar-refractivity contribution in [3.8, 4) is 5.75 Å². The monoisotopic (exact) mass is 368 g/mol. The topological polar surface area (TPSA) is 51.2 Å². The van der Waals surface area contributed by atoms with Crippen molar-refractivity contribution in [2.45, 2.75) is 40.0 Å². The Morgan fingerprint density at radius 3 is 2.73 bits per heavy atom. The van der Waals surface area contributed by atoms with Crippen molar-refractivity contribution >= 4 is 32.6 Å². The Morgan fingerprint density at radius 1 is 1.15 bits per heavy atom. The van der Waals surface area contributed by atoms with Crippen LogP contribution in [0, 0.1) is 13.8 Å². The second kappa shape index (κ2) is 8.32. The minimum Gasteiger partial charge on any atom is -0.494 e. The Kier molecular flexibility index (Phi) is 5.89. The molecular weight excluding hydrogens is 344 g/mol. The molecule has 3 aromatic rings. The van der Waals surface area contributed by atoms with Crippen molar-refractivity contribution in [3.05, 3.63) is 53.1 Å². The lowest BCUT2D eigenvalue weighted by Crippen LogP contribution is -2.11. The molecule has 1 N–H and O–H groups in total. The number of fused-ring (bicyclic) bond motifs is 1. The Morgan fingerprint density at radius 2 is 1.96 bits per heavy atom. The third-order valence-electron chi connectivity index (χ3n) is 4.28. The lowest BCUT2D eigenvalue weighted by atomic mass is 10.1. The highest BCUT2D eigenvalue weighted by molar-refractivity contribution is 7.22. The number of anilines is 1. The number of hydrogen-bond acceptors (Lipinski definition) is 4. The summed E-state index contributed by atoms with van der Waals surface area (Å²) in [7, 11) is 0. The van der Waals surface area contributed by atoms with Crippen LogP contribution >= 0.6 is 11.3 Å². The van der Waals surface area contributed by atoms with E-state index in [1.54, 1.807) is 12.1 Å². The van der Waals surface area contributed by atoms with Crippen LogP contribution in [-0.2, 0) is 0 Å². The van der Waals surface area contributed by atoms with Gasteiger partial charge in [0.1, 0.15) is 5.75 Å². The van der Waals surface area contributed by atoms with Crippen LogP contribution in [0.4, 0.5) is 5.13 Å². The van der Waals surface area contributed by atoms with Gasteiger partial charge in [-0.25, -0.2) is 4.98 Å². The van der Waals surface area contributed by atoms with E-state index in [0.29, 0.717) is 17.3 Å². The maximum Gasteiger partial charge on any atom is 0.257 e. The van der Waals surface area contributed by atoms with Gasteiger partial charge in [-0.3, -0.25) is 10.1 Å². The van der Waals surface area contributed by atoms with E-state index in [4.69, 9.17) is 4.74 Å². The number of carbonyl (C=O) groups excluding carboxylic acids is 1. The average molecular weight is 369 g/mol. The third-order valence-corrected chi connectivity index (χ3v) is 5.38.